The molecule has 0 saturated carbocycles. The number of nitrogens with zero attached hydrogens (tertiary/aromatic N) is 2. The van der Waals surface area contributed by atoms with Crippen molar-refractivity contribution in [3.63, 3.8) is 0 Å². The summed E-state index contributed by atoms with van der Waals surface area (Å²) in [5.74, 6) is -1.27. The number of carbonyl (C=O) groups excluding carboxylic acids is 2. The van der Waals surface area contributed by atoms with E-state index in [1.807, 2.05) is 43.3 Å². The number of rotatable bonds is 3. The van der Waals surface area contributed by atoms with Gasteiger partial charge >= 0.3 is 6.18 Å². The van der Waals surface area contributed by atoms with E-state index in [0.29, 0.717) is 18.5 Å². The summed E-state index contributed by atoms with van der Waals surface area (Å²) in [5.41, 5.74) is 2.76. The number of hydrogen-bond acceptors (Lipinski definition) is 3. The fourth-order valence-electron chi connectivity index (χ4n) is 4.38. The highest BCUT2D eigenvalue weighted by molar-refractivity contribution is 6.46. The highest BCUT2D eigenvalue weighted by Gasteiger charge is 2.44. The maximum Gasteiger partial charge on any atom is 0.416 e. The fraction of sp³-hybridized carbons (Fsp3) is 0.154. The van der Waals surface area contributed by atoms with E-state index in [1.165, 1.54) is 12.1 Å². The number of benzene rings is 3. The molecule has 0 radical (unpaired) electrons. The minimum Gasteiger partial charge on any atom is -0.336 e. The summed E-state index contributed by atoms with van der Waals surface area (Å²) in [6.45, 7) is 2.41. The Morgan fingerprint density at radius 3 is 2.30 bits per heavy atom. The molecule has 2 aliphatic rings. The van der Waals surface area contributed by atoms with Crippen LogP contribution < -0.4 is 9.80 Å². The van der Waals surface area contributed by atoms with Crippen LogP contribution in [0.2, 0.25) is 0 Å². The first-order valence-corrected chi connectivity index (χ1v) is 10.5. The van der Waals surface area contributed by atoms with Crippen molar-refractivity contribution >= 4 is 28.8 Å². The monoisotopic (exact) mass is 448 g/mol. The van der Waals surface area contributed by atoms with Crippen LogP contribution in [-0.4, -0.2) is 18.4 Å². The van der Waals surface area contributed by atoms with E-state index < -0.39 is 23.6 Å². The fourth-order valence-corrected chi connectivity index (χ4v) is 4.38. The van der Waals surface area contributed by atoms with Crippen LogP contribution in [-0.2, 0) is 22.2 Å². The lowest BCUT2D eigenvalue weighted by Gasteiger charge is -2.22. The Hall–Kier alpha value is -3.87. The lowest BCUT2D eigenvalue weighted by atomic mass is 10.0. The van der Waals surface area contributed by atoms with Crippen LogP contribution in [0.3, 0.4) is 0 Å². The Labute approximate surface area is 188 Å². The van der Waals surface area contributed by atoms with Gasteiger partial charge in [0, 0.05) is 12.2 Å². The number of para-hydroxylation sites is 1. The molecular weight excluding hydrogens is 429 g/mol. The van der Waals surface area contributed by atoms with E-state index in [4.69, 9.17) is 0 Å². The summed E-state index contributed by atoms with van der Waals surface area (Å²) in [5, 5.41) is 0. The van der Waals surface area contributed by atoms with Gasteiger partial charge in [0.1, 0.15) is 5.70 Å². The van der Waals surface area contributed by atoms with Crippen LogP contribution in [0.25, 0.3) is 5.57 Å². The van der Waals surface area contributed by atoms with Crippen molar-refractivity contribution < 1.29 is 22.8 Å². The van der Waals surface area contributed by atoms with E-state index in [9.17, 15) is 22.8 Å². The topological polar surface area (TPSA) is 40.6 Å². The first-order valence-electron chi connectivity index (χ1n) is 10.5. The lowest BCUT2D eigenvalue weighted by molar-refractivity contribution is -0.137. The number of hydrogen-bond donors (Lipinski definition) is 0. The van der Waals surface area contributed by atoms with Crippen LogP contribution in [0.1, 0.15) is 22.3 Å². The van der Waals surface area contributed by atoms with Gasteiger partial charge in [0.2, 0.25) is 0 Å². The van der Waals surface area contributed by atoms with E-state index in [-0.39, 0.29) is 17.0 Å². The predicted molar refractivity (Wildman–Crippen MR) is 120 cm³/mol. The van der Waals surface area contributed by atoms with Gasteiger partial charge in [-0.05, 0) is 48.7 Å². The molecular formula is C26H19F3N2O2. The third-order valence-electron chi connectivity index (χ3n) is 5.99. The first kappa shape index (κ1) is 21.0. The molecule has 0 aromatic heterocycles. The molecule has 0 fully saturated rings. The molecule has 166 valence electrons. The molecule has 3 aromatic rings. The van der Waals surface area contributed by atoms with E-state index in [0.717, 1.165) is 33.8 Å². The summed E-state index contributed by atoms with van der Waals surface area (Å²) in [6, 6.07) is 19.1. The third-order valence-corrected chi connectivity index (χ3v) is 5.99. The third kappa shape index (κ3) is 3.50. The normalized spacial score (nSPS) is 16.1. The average molecular weight is 448 g/mol. The zero-order chi connectivity index (χ0) is 23.3. The minimum atomic E-state index is -4.59. The summed E-state index contributed by atoms with van der Waals surface area (Å²) in [6.07, 6.45) is -3.89. The maximum atomic E-state index is 13.6. The SMILES string of the molecule is Cc1ccc(C2=C(N3CCc4ccccc43)C(=O)N(c3cccc(C(F)(F)F)c3)C2=O)cc1. The Kier molecular flexibility index (Phi) is 4.85. The van der Waals surface area contributed by atoms with Crippen LogP contribution in [0, 0.1) is 6.92 Å². The zero-order valence-corrected chi connectivity index (χ0v) is 17.7. The van der Waals surface area contributed by atoms with E-state index in [2.05, 4.69) is 0 Å². The quantitative estimate of drug-likeness (QED) is 0.507. The number of fused-ring (bicyclic) bond motifs is 1. The number of anilines is 2. The Bertz CT molecular complexity index is 1310. The molecule has 2 heterocycles. The van der Waals surface area contributed by atoms with E-state index in [1.54, 1.807) is 17.0 Å². The van der Waals surface area contributed by atoms with Crippen molar-refractivity contribution in [2.45, 2.75) is 19.5 Å². The van der Waals surface area contributed by atoms with Crippen LogP contribution >= 0.6 is 0 Å². The largest absolute Gasteiger partial charge is 0.416 e. The molecule has 0 atom stereocenters. The molecule has 4 nitrogen and oxygen atoms in total. The van der Waals surface area contributed by atoms with Gasteiger partial charge in [-0.15, -0.1) is 0 Å². The minimum absolute atomic E-state index is 0.105. The molecule has 2 aliphatic heterocycles. The number of imide groups is 1. The molecule has 3 aromatic carbocycles. The van der Waals surface area contributed by atoms with Gasteiger partial charge in [0.25, 0.3) is 11.8 Å². The van der Waals surface area contributed by atoms with Crippen LogP contribution in [0.15, 0.2) is 78.5 Å². The van der Waals surface area contributed by atoms with Gasteiger partial charge in [-0.3, -0.25) is 9.59 Å². The Balaban J connectivity index is 1.66. The summed E-state index contributed by atoms with van der Waals surface area (Å²) in [7, 11) is 0. The average Bonchev–Trinajstić information content (AvgIpc) is 3.32. The van der Waals surface area contributed by atoms with Gasteiger partial charge < -0.3 is 4.90 Å². The van der Waals surface area contributed by atoms with Crippen molar-refractivity contribution in [2.24, 2.45) is 0 Å². The van der Waals surface area contributed by atoms with Gasteiger partial charge in [0.05, 0.1) is 16.8 Å². The molecule has 0 aliphatic carbocycles. The molecule has 2 amide bonds. The summed E-state index contributed by atoms with van der Waals surface area (Å²) < 4.78 is 39.9. The second-order valence-corrected chi connectivity index (χ2v) is 8.11. The Morgan fingerprint density at radius 1 is 0.848 bits per heavy atom. The molecule has 0 bridgehead atoms. The van der Waals surface area contributed by atoms with Crippen molar-refractivity contribution in [1.82, 2.24) is 0 Å². The van der Waals surface area contributed by atoms with Crippen LogP contribution in [0.5, 0.6) is 0 Å². The molecule has 0 saturated heterocycles. The number of carbonyl (C=O) groups is 2. The zero-order valence-electron chi connectivity index (χ0n) is 17.7. The highest BCUT2D eigenvalue weighted by Crippen LogP contribution is 2.41. The smallest absolute Gasteiger partial charge is 0.336 e. The van der Waals surface area contributed by atoms with Crippen molar-refractivity contribution in [1.29, 1.82) is 0 Å². The maximum absolute atomic E-state index is 13.6. The highest BCUT2D eigenvalue weighted by atomic mass is 19.4. The molecule has 0 spiro atoms. The van der Waals surface area contributed by atoms with Gasteiger partial charge in [0.15, 0.2) is 0 Å². The lowest BCUT2D eigenvalue weighted by Crippen LogP contribution is -2.35. The number of halogens is 3. The predicted octanol–water partition coefficient (Wildman–Crippen LogP) is 5.36. The van der Waals surface area contributed by atoms with Crippen LogP contribution in [0.4, 0.5) is 24.5 Å². The van der Waals surface area contributed by atoms with Crippen molar-refractivity contribution in [2.75, 3.05) is 16.3 Å². The first-order chi connectivity index (χ1) is 15.8. The van der Waals surface area contributed by atoms with Gasteiger partial charge in [-0.2, -0.15) is 13.2 Å². The molecule has 0 N–H and O–H groups in total. The molecule has 7 heteroatoms. The molecule has 0 unspecified atom stereocenters. The van der Waals surface area contributed by atoms with Crippen molar-refractivity contribution in [3.8, 4) is 0 Å². The number of aryl methyl sites for hydroxylation is 1. The summed E-state index contributed by atoms with van der Waals surface area (Å²) in [4.78, 5) is 29.9. The van der Waals surface area contributed by atoms with Gasteiger partial charge in [-0.1, -0.05) is 54.1 Å². The molecule has 5 rings (SSSR count). The second-order valence-electron chi connectivity index (χ2n) is 8.11. The van der Waals surface area contributed by atoms with E-state index >= 15 is 0 Å². The van der Waals surface area contributed by atoms with Gasteiger partial charge in [-0.25, -0.2) is 4.90 Å². The van der Waals surface area contributed by atoms with Crippen molar-refractivity contribution in [3.05, 3.63) is 101 Å². The number of alkyl halides is 3. The number of amides is 2. The second kappa shape index (κ2) is 7.62. The summed E-state index contributed by atoms with van der Waals surface area (Å²) >= 11 is 0. The standard InChI is InChI=1S/C26H19F3N2O2/c1-16-9-11-18(12-10-16)22-23(30-14-13-17-5-2-3-8-21(17)30)25(33)31(24(22)32)20-7-4-6-19(15-20)26(27,28)29/h2-12,15H,13-14H2,1H3. The molecule has 33 heavy (non-hydrogen) atoms. The Morgan fingerprint density at radius 2 is 1.58 bits per heavy atom.